The van der Waals surface area contributed by atoms with E-state index in [1.807, 2.05) is 0 Å². The third-order valence-electron chi connectivity index (χ3n) is 2.19. The molecule has 1 nitrogen and oxygen atoms in total. The second kappa shape index (κ2) is 4.11. The summed E-state index contributed by atoms with van der Waals surface area (Å²) < 4.78 is 2.76. The Bertz CT molecular complexity index is 162. The summed E-state index contributed by atoms with van der Waals surface area (Å²) in [6, 6.07) is 0.540. The number of hydrogen-bond donors (Lipinski definition) is 0. The molecule has 0 saturated carbocycles. The zero-order valence-corrected chi connectivity index (χ0v) is 12.3. The molecule has 0 aliphatic rings. The molecule has 3 heteroatoms. The van der Waals surface area contributed by atoms with E-state index < -0.39 is 16.5 Å². The summed E-state index contributed by atoms with van der Waals surface area (Å²) in [5.74, 6) is 0. The highest BCUT2D eigenvalue weighted by atomic mass is 28.4. The molecule has 0 aromatic heterocycles. The maximum absolute atomic E-state index is 3.91. The normalized spacial score (nSPS) is 16.0. The van der Waals surface area contributed by atoms with Crippen LogP contribution >= 0.6 is 0 Å². The minimum atomic E-state index is -1.18. The molecule has 13 heavy (non-hydrogen) atoms. The highest BCUT2D eigenvalue weighted by Gasteiger charge is 2.36. The van der Waals surface area contributed by atoms with E-state index in [2.05, 4.69) is 63.1 Å². The first-order valence-corrected chi connectivity index (χ1v) is 11.9. The standard InChI is InChI=1S/C10H25NSi2/c1-9-10(2)11(12(3,4)5)13(6,7)8/h9-10H,1H2,2-8H3. The van der Waals surface area contributed by atoms with Crippen LogP contribution in [0.25, 0.3) is 0 Å². The van der Waals surface area contributed by atoms with Gasteiger partial charge in [0.25, 0.3) is 0 Å². The van der Waals surface area contributed by atoms with Crippen molar-refractivity contribution in [2.24, 2.45) is 0 Å². The molecule has 0 radical (unpaired) electrons. The molecule has 0 bridgehead atoms. The Morgan fingerprint density at radius 3 is 1.38 bits per heavy atom. The molecule has 0 rings (SSSR count). The topological polar surface area (TPSA) is 3.24 Å². The van der Waals surface area contributed by atoms with Gasteiger partial charge in [-0.2, -0.15) is 0 Å². The van der Waals surface area contributed by atoms with Crippen LogP contribution in [-0.4, -0.2) is 26.7 Å². The Kier molecular flexibility index (Phi) is 4.15. The van der Waals surface area contributed by atoms with Crippen LogP contribution in [0.3, 0.4) is 0 Å². The molecule has 78 valence electrons. The molecule has 0 fully saturated rings. The summed E-state index contributed by atoms with van der Waals surface area (Å²) in [5, 5.41) is 0. The van der Waals surface area contributed by atoms with Crippen molar-refractivity contribution in [1.29, 1.82) is 0 Å². The summed E-state index contributed by atoms with van der Waals surface area (Å²) in [7, 11) is -2.36. The lowest BCUT2D eigenvalue weighted by molar-refractivity contribution is 0.552. The molecule has 0 saturated heterocycles. The van der Waals surface area contributed by atoms with Crippen molar-refractivity contribution in [1.82, 2.24) is 4.23 Å². The van der Waals surface area contributed by atoms with Crippen molar-refractivity contribution in [3.05, 3.63) is 12.7 Å². The van der Waals surface area contributed by atoms with Crippen LogP contribution in [-0.2, 0) is 0 Å². The van der Waals surface area contributed by atoms with Gasteiger partial charge in [0.1, 0.15) is 16.5 Å². The zero-order chi connectivity index (χ0) is 10.9. The van der Waals surface area contributed by atoms with Gasteiger partial charge in [-0.05, 0) is 6.92 Å². The van der Waals surface area contributed by atoms with Crippen molar-refractivity contribution in [2.75, 3.05) is 0 Å². The molecule has 0 aliphatic carbocycles. The molecule has 1 atom stereocenters. The van der Waals surface area contributed by atoms with Crippen LogP contribution in [0.2, 0.25) is 39.3 Å². The first kappa shape index (κ1) is 13.1. The zero-order valence-electron chi connectivity index (χ0n) is 10.3. The van der Waals surface area contributed by atoms with Gasteiger partial charge in [-0.1, -0.05) is 45.4 Å². The highest BCUT2D eigenvalue weighted by molar-refractivity contribution is 6.89. The van der Waals surface area contributed by atoms with Gasteiger partial charge < -0.3 is 4.23 Å². The van der Waals surface area contributed by atoms with Crippen molar-refractivity contribution in [3.8, 4) is 0 Å². The lowest BCUT2D eigenvalue weighted by Crippen LogP contribution is -2.62. The second-order valence-electron chi connectivity index (χ2n) is 5.69. The molecule has 0 N–H and O–H groups in total. The molecule has 0 amide bonds. The van der Waals surface area contributed by atoms with Gasteiger partial charge in [0.2, 0.25) is 0 Å². The van der Waals surface area contributed by atoms with Crippen LogP contribution < -0.4 is 0 Å². The number of hydrogen-bond acceptors (Lipinski definition) is 1. The third-order valence-corrected chi connectivity index (χ3v) is 9.92. The average Bonchev–Trinajstić information content (AvgIpc) is 1.80. The predicted molar refractivity (Wildman–Crippen MR) is 68.2 cm³/mol. The van der Waals surface area contributed by atoms with E-state index in [9.17, 15) is 0 Å². The first-order valence-electron chi connectivity index (χ1n) is 5.02. The van der Waals surface area contributed by atoms with Gasteiger partial charge in [0.15, 0.2) is 0 Å². The Hall–Kier alpha value is 0.134. The van der Waals surface area contributed by atoms with E-state index in [0.29, 0.717) is 6.04 Å². The minimum absolute atomic E-state index is 0.540. The van der Waals surface area contributed by atoms with E-state index in [4.69, 9.17) is 0 Å². The SMILES string of the molecule is C=CC(C)N([Si](C)(C)C)[Si](C)(C)C. The van der Waals surface area contributed by atoms with Gasteiger partial charge in [-0.25, -0.2) is 0 Å². The molecule has 0 spiro atoms. The summed E-state index contributed by atoms with van der Waals surface area (Å²) >= 11 is 0. The van der Waals surface area contributed by atoms with Crippen molar-refractivity contribution >= 4 is 16.5 Å². The predicted octanol–water partition coefficient (Wildman–Crippen LogP) is 3.53. The van der Waals surface area contributed by atoms with Gasteiger partial charge in [-0.15, -0.1) is 6.58 Å². The molecule has 0 aliphatic heterocycles. The van der Waals surface area contributed by atoms with Crippen LogP contribution in [0.4, 0.5) is 0 Å². The van der Waals surface area contributed by atoms with E-state index >= 15 is 0 Å². The molecular formula is C10H25NSi2. The summed E-state index contributed by atoms with van der Waals surface area (Å²) in [4.78, 5) is 0. The van der Waals surface area contributed by atoms with Crippen LogP contribution in [0.5, 0.6) is 0 Å². The van der Waals surface area contributed by atoms with Crippen molar-refractivity contribution in [3.63, 3.8) is 0 Å². The van der Waals surface area contributed by atoms with E-state index in [0.717, 1.165) is 0 Å². The quantitative estimate of drug-likeness (QED) is 0.512. The number of nitrogens with zero attached hydrogens (tertiary/aromatic N) is 1. The summed E-state index contributed by atoms with van der Waals surface area (Å²) in [5.41, 5.74) is 0. The second-order valence-corrected chi connectivity index (χ2v) is 15.8. The van der Waals surface area contributed by atoms with Gasteiger partial charge in [0, 0.05) is 6.04 Å². The van der Waals surface area contributed by atoms with Crippen LogP contribution in [0.1, 0.15) is 6.92 Å². The largest absolute Gasteiger partial charge is 0.340 e. The number of rotatable bonds is 4. The van der Waals surface area contributed by atoms with E-state index in [1.165, 1.54) is 0 Å². The Balaban J connectivity index is 4.88. The minimum Gasteiger partial charge on any atom is -0.340 e. The molecule has 0 aromatic rings. The van der Waals surface area contributed by atoms with Crippen LogP contribution in [0.15, 0.2) is 12.7 Å². The maximum atomic E-state index is 3.91. The van der Waals surface area contributed by atoms with Gasteiger partial charge in [-0.3, -0.25) is 0 Å². The summed E-state index contributed by atoms with van der Waals surface area (Å²) in [6.07, 6.45) is 2.08. The fourth-order valence-electron chi connectivity index (χ4n) is 2.33. The fraction of sp³-hybridized carbons (Fsp3) is 0.800. The Labute approximate surface area is 86.0 Å². The average molecular weight is 215 g/mol. The van der Waals surface area contributed by atoms with Gasteiger partial charge in [0.05, 0.1) is 0 Å². The summed E-state index contributed by atoms with van der Waals surface area (Å²) in [6.45, 7) is 20.7. The van der Waals surface area contributed by atoms with E-state index in [-0.39, 0.29) is 0 Å². The molecular weight excluding hydrogens is 190 g/mol. The monoisotopic (exact) mass is 215 g/mol. The van der Waals surface area contributed by atoms with Gasteiger partial charge >= 0.3 is 0 Å². The molecule has 0 aromatic carbocycles. The fourth-order valence-corrected chi connectivity index (χ4v) is 13.0. The lowest BCUT2D eigenvalue weighted by Gasteiger charge is -2.46. The van der Waals surface area contributed by atoms with Crippen molar-refractivity contribution < 1.29 is 0 Å². The third kappa shape index (κ3) is 3.79. The first-order chi connectivity index (χ1) is 5.60. The Morgan fingerprint density at radius 2 is 1.31 bits per heavy atom. The lowest BCUT2D eigenvalue weighted by atomic mass is 10.4. The van der Waals surface area contributed by atoms with E-state index in [1.54, 1.807) is 0 Å². The smallest absolute Gasteiger partial charge is 0.112 e. The van der Waals surface area contributed by atoms with Crippen LogP contribution in [0, 0.1) is 0 Å². The van der Waals surface area contributed by atoms with Crippen molar-refractivity contribution in [2.45, 2.75) is 52.2 Å². The Morgan fingerprint density at radius 1 is 1.00 bits per heavy atom. The maximum Gasteiger partial charge on any atom is 0.112 e. The molecule has 0 heterocycles. The molecule has 1 unspecified atom stereocenters. The highest BCUT2D eigenvalue weighted by Crippen LogP contribution is 2.23.